The van der Waals surface area contributed by atoms with E-state index in [0.717, 1.165) is 13.0 Å². The summed E-state index contributed by atoms with van der Waals surface area (Å²) in [5, 5.41) is 13.2. The summed E-state index contributed by atoms with van der Waals surface area (Å²) in [7, 11) is 0. The lowest BCUT2D eigenvalue weighted by Crippen LogP contribution is -2.40. The Kier molecular flexibility index (Phi) is 4.02. The highest BCUT2D eigenvalue weighted by atomic mass is 16.8. The van der Waals surface area contributed by atoms with Crippen molar-refractivity contribution in [3.63, 3.8) is 0 Å². The maximum absolute atomic E-state index is 10.1. The van der Waals surface area contributed by atoms with Gasteiger partial charge in [0.15, 0.2) is 12.1 Å². The van der Waals surface area contributed by atoms with Gasteiger partial charge >= 0.3 is 0 Å². The van der Waals surface area contributed by atoms with Crippen LogP contribution in [-0.4, -0.2) is 55.1 Å². The highest BCUT2D eigenvalue weighted by molar-refractivity contribution is 4.93. The van der Waals surface area contributed by atoms with Gasteiger partial charge in [-0.2, -0.15) is 0 Å². The summed E-state index contributed by atoms with van der Waals surface area (Å²) in [6.07, 6.45) is -0.853. The summed E-state index contributed by atoms with van der Waals surface area (Å²) in [6.45, 7) is 5.70. The van der Waals surface area contributed by atoms with E-state index in [2.05, 4.69) is 5.32 Å². The van der Waals surface area contributed by atoms with E-state index in [0.29, 0.717) is 13.1 Å². The summed E-state index contributed by atoms with van der Waals surface area (Å²) in [5.41, 5.74) is 5.39. The second-order valence-corrected chi connectivity index (χ2v) is 4.98. The number of rotatable bonds is 5. The fraction of sp³-hybridized carbons (Fsp3) is 1.00. The smallest absolute Gasteiger partial charge is 0.190 e. The average molecular weight is 246 g/mol. The third kappa shape index (κ3) is 2.96. The van der Waals surface area contributed by atoms with Gasteiger partial charge in [0.25, 0.3) is 0 Å². The third-order valence-corrected chi connectivity index (χ3v) is 3.02. The monoisotopic (exact) mass is 246 g/mol. The van der Waals surface area contributed by atoms with Gasteiger partial charge in [0.05, 0.1) is 0 Å². The van der Waals surface area contributed by atoms with Gasteiger partial charge in [-0.1, -0.05) is 0 Å². The summed E-state index contributed by atoms with van der Waals surface area (Å²) < 4.78 is 16.8. The fourth-order valence-electron chi connectivity index (χ4n) is 2.20. The van der Waals surface area contributed by atoms with Gasteiger partial charge < -0.3 is 30.4 Å². The molecule has 2 aliphatic heterocycles. The van der Waals surface area contributed by atoms with Crippen molar-refractivity contribution >= 4 is 0 Å². The minimum Gasteiger partial charge on any atom is -0.387 e. The Hall–Kier alpha value is -0.240. The van der Waals surface area contributed by atoms with Gasteiger partial charge in [0.1, 0.15) is 18.3 Å². The van der Waals surface area contributed by atoms with Crippen LogP contribution < -0.4 is 11.1 Å². The van der Waals surface area contributed by atoms with E-state index in [-0.39, 0.29) is 12.2 Å². The minimum absolute atomic E-state index is 0.279. The Labute approximate surface area is 101 Å². The number of hydrogen-bond acceptors (Lipinski definition) is 6. The summed E-state index contributed by atoms with van der Waals surface area (Å²) >= 11 is 0. The molecule has 2 fully saturated rings. The van der Waals surface area contributed by atoms with Crippen LogP contribution in [0, 0.1) is 0 Å². The average Bonchev–Trinajstić information content (AvgIpc) is 2.69. The number of aliphatic hydroxyl groups is 1. The molecule has 0 aromatic carbocycles. The molecule has 6 heteroatoms. The molecule has 4 N–H and O–H groups in total. The number of ether oxygens (including phenoxy) is 3. The van der Waals surface area contributed by atoms with E-state index in [1.165, 1.54) is 0 Å². The molecule has 0 unspecified atom stereocenters. The topological polar surface area (TPSA) is 86.0 Å². The predicted octanol–water partition coefficient (Wildman–Crippen LogP) is -0.838. The van der Waals surface area contributed by atoms with E-state index in [1.807, 2.05) is 13.8 Å². The van der Waals surface area contributed by atoms with E-state index in [1.54, 1.807) is 0 Å². The van der Waals surface area contributed by atoms with Crippen LogP contribution in [0.3, 0.4) is 0 Å². The van der Waals surface area contributed by atoms with Crippen molar-refractivity contribution < 1.29 is 19.3 Å². The quantitative estimate of drug-likeness (QED) is 0.549. The molecule has 0 aromatic heterocycles. The van der Waals surface area contributed by atoms with Gasteiger partial charge in [0.2, 0.25) is 0 Å². The molecule has 2 aliphatic rings. The van der Waals surface area contributed by atoms with Gasteiger partial charge in [-0.25, -0.2) is 0 Å². The van der Waals surface area contributed by atoms with Crippen LogP contribution in [0.25, 0.3) is 0 Å². The standard InChI is InChI=1S/C11H22N2O4/c1-11(2)16-9-8(14)7(15-10(9)17-11)6-13-5-3-4-12/h7-10,13-14H,3-6,12H2,1-2H3/t7-,8+,9-,10-/m1/s1. The first-order chi connectivity index (χ1) is 8.03. The normalized spacial score (nSPS) is 39.5. The summed E-state index contributed by atoms with van der Waals surface area (Å²) in [6, 6.07) is 0. The van der Waals surface area contributed by atoms with E-state index in [4.69, 9.17) is 19.9 Å². The minimum atomic E-state index is -0.672. The van der Waals surface area contributed by atoms with Crippen LogP contribution in [0.5, 0.6) is 0 Å². The van der Waals surface area contributed by atoms with Crippen LogP contribution in [0.2, 0.25) is 0 Å². The largest absolute Gasteiger partial charge is 0.387 e. The maximum Gasteiger partial charge on any atom is 0.190 e. The Morgan fingerprint density at radius 3 is 2.76 bits per heavy atom. The lowest BCUT2D eigenvalue weighted by atomic mass is 10.1. The highest BCUT2D eigenvalue weighted by Gasteiger charge is 2.53. The third-order valence-electron chi connectivity index (χ3n) is 3.02. The van der Waals surface area contributed by atoms with Crippen LogP contribution in [0.15, 0.2) is 0 Å². The molecule has 0 amide bonds. The number of fused-ring (bicyclic) bond motifs is 1. The van der Waals surface area contributed by atoms with Crippen molar-refractivity contribution in [1.29, 1.82) is 0 Å². The fourth-order valence-corrected chi connectivity index (χ4v) is 2.20. The molecule has 0 aliphatic carbocycles. The first-order valence-electron chi connectivity index (χ1n) is 6.13. The molecule has 0 radical (unpaired) electrons. The number of nitrogens with two attached hydrogens (primary N) is 1. The zero-order valence-electron chi connectivity index (χ0n) is 10.4. The van der Waals surface area contributed by atoms with Crippen molar-refractivity contribution in [2.24, 2.45) is 5.73 Å². The Bertz CT molecular complexity index is 262. The zero-order valence-corrected chi connectivity index (χ0v) is 10.4. The molecule has 0 spiro atoms. The van der Waals surface area contributed by atoms with Crippen LogP contribution in [0.4, 0.5) is 0 Å². The molecular formula is C11H22N2O4. The number of hydrogen-bond donors (Lipinski definition) is 3. The van der Waals surface area contributed by atoms with E-state index in [9.17, 15) is 5.11 Å². The Morgan fingerprint density at radius 2 is 2.12 bits per heavy atom. The van der Waals surface area contributed by atoms with Crippen LogP contribution in [-0.2, 0) is 14.2 Å². The predicted molar refractivity (Wildman–Crippen MR) is 61.2 cm³/mol. The Balaban J connectivity index is 1.78. The van der Waals surface area contributed by atoms with Crippen molar-refractivity contribution in [3.8, 4) is 0 Å². The molecule has 0 aromatic rings. The lowest BCUT2D eigenvalue weighted by molar-refractivity contribution is -0.214. The van der Waals surface area contributed by atoms with Gasteiger partial charge in [-0.05, 0) is 33.4 Å². The van der Waals surface area contributed by atoms with Crippen molar-refractivity contribution in [1.82, 2.24) is 5.32 Å². The number of aliphatic hydroxyl groups excluding tert-OH is 1. The summed E-state index contributed by atoms with van der Waals surface area (Å²) in [5.74, 6) is -0.672. The van der Waals surface area contributed by atoms with Gasteiger partial charge in [-0.15, -0.1) is 0 Å². The van der Waals surface area contributed by atoms with Gasteiger partial charge in [-0.3, -0.25) is 0 Å². The molecule has 2 heterocycles. The SMILES string of the molecule is CC1(C)O[C@H]2O[C@H](CNCCCN)[C@H](O)[C@H]2O1. The first kappa shape index (κ1) is 13.2. The van der Waals surface area contributed by atoms with Gasteiger partial charge in [0, 0.05) is 6.54 Å². The van der Waals surface area contributed by atoms with Crippen LogP contribution >= 0.6 is 0 Å². The van der Waals surface area contributed by atoms with E-state index >= 15 is 0 Å². The first-order valence-corrected chi connectivity index (χ1v) is 6.13. The second kappa shape index (κ2) is 5.17. The lowest BCUT2D eigenvalue weighted by Gasteiger charge is -2.23. The zero-order chi connectivity index (χ0) is 12.5. The van der Waals surface area contributed by atoms with E-state index < -0.39 is 18.2 Å². The van der Waals surface area contributed by atoms with Crippen molar-refractivity contribution in [2.75, 3.05) is 19.6 Å². The summed E-state index contributed by atoms with van der Waals surface area (Å²) in [4.78, 5) is 0. The molecular weight excluding hydrogens is 224 g/mol. The van der Waals surface area contributed by atoms with Crippen LogP contribution in [0.1, 0.15) is 20.3 Å². The van der Waals surface area contributed by atoms with Crippen molar-refractivity contribution in [3.05, 3.63) is 0 Å². The Morgan fingerprint density at radius 1 is 1.35 bits per heavy atom. The molecule has 0 saturated carbocycles. The molecule has 4 atom stereocenters. The molecule has 100 valence electrons. The molecule has 17 heavy (non-hydrogen) atoms. The highest BCUT2D eigenvalue weighted by Crippen LogP contribution is 2.37. The molecule has 6 nitrogen and oxygen atoms in total. The number of nitrogens with one attached hydrogen (secondary N) is 1. The van der Waals surface area contributed by atoms with Crippen molar-refractivity contribution in [2.45, 2.75) is 50.7 Å². The molecule has 0 bridgehead atoms. The molecule has 2 saturated heterocycles. The second-order valence-electron chi connectivity index (χ2n) is 4.98. The molecule has 2 rings (SSSR count). The maximum atomic E-state index is 10.1.